The maximum absolute atomic E-state index is 12.8. The van der Waals surface area contributed by atoms with Crippen LogP contribution in [0.4, 0.5) is 0 Å². The van der Waals surface area contributed by atoms with Crippen molar-refractivity contribution in [2.75, 3.05) is 5.75 Å². The molecule has 3 aromatic heterocycles. The van der Waals surface area contributed by atoms with Crippen molar-refractivity contribution in [2.24, 2.45) is 0 Å². The van der Waals surface area contributed by atoms with Gasteiger partial charge in [0.2, 0.25) is 0 Å². The van der Waals surface area contributed by atoms with Crippen molar-refractivity contribution in [2.45, 2.75) is 25.1 Å². The highest BCUT2D eigenvalue weighted by Crippen LogP contribution is 2.28. The summed E-state index contributed by atoms with van der Waals surface area (Å²) in [6.45, 7) is 2.37. The monoisotopic (exact) mass is 392 g/mol. The van der Waals surface area contributed by atoms with Crippen LogP contribution in [-0.2, 0) is 6.54 Å². The van der Waals surface area contributed by atoms with Gasteiger partial charge in [-0.25, -0.2) is 0 Å². The molecule has 4 rings (SSSR count). The number of hydrogen-bond donors (Lipinski definition) is 0. The van der Waals surface area contributed by atoms with Crippen LogP contribution in [0.1, 0.15) is 22.5 Å². The van der Waals surface area contributed by atoms with Crippen molar-refractivity contribution >= 4 is 28.4 Å². The number of fused-ring (bicyclic) bond motifs is 1. The van der Waals surface area contributed by atoms with Gasteiger partial charge in [0.1, 0.15) is 5.76 Å². The van der Waals surface area contributed by atoms with Gasteiger partial charge < -0.3 is 13.4 Å². The first-order valence-corrected chi connectivity index (χ1v) is 9.64. The lowest BCUT2D eigenvalue weighted by atomic mass is 10.1. The van der Waals surface area contributed by atoms with Crippen LogP contribution in [0.5, 0.6) is 0 Å². The molecule has 0 unspecified atom stereocenters. The van der Waals surface area contributed by atoms with E-state index < -0.39 is 0 Å². The third-order valence-corrected chi connectivity index (χ3v) is 5.19. The second-order valence-electron chi connectivity index (χ2n) is 6.14. The molecule has 0 fully saturated rings. The number of nitrogens with zero attached hydrogens (tertiary/aromatic N) is 4. The minimum Gasteiger partial charge on any atom is -0.469 e. The van der Waals surface area contributed by atoms with Crippen molar-refractivity contribution in [1.29, 1.82) is 5.26 Å². The number of hydrogen-bond acceptors (Lipinski definition) is 7. The zero-order chi connectivity index (χ0) is 19.5. The Hall–Kier alpha value is -3.31. The lowest BCUT2D eigenvalue weighted by molar-refractivity contribution is 0.102. The number of carbonyl (C=O) groups excluding carboxylic acids is 1. The normalized spacial score (nSPS) is 11.0. The smallest absolute Gasteiger partial charge is 0.277 e. The van der Waals surface area contributed by atoms with Gasteiger partial charge in [-0.1, -0.05) is 30.0 Å². The molecular weight excluding hydrogens is 376 g/mol. The average molecular weight is 392 g/mol. The molecule has 0 aliphatic rings. The highest BCUT2D eigenvalue weighted by molar-refractivity contribution is 7.99. The molecule has 0 bridgehead atoms. The predicted octanol–water partition coefficient (Wildman–Crippen LogP) is 4.48. The molecule has 0 atom stereocenters. The second-order valence-corrected chi connectivity index (χ2v) is 7.06. The van der Waals surface area contributed by atoms with E-state index in [9.17, 15) is 4.79 Å². The number of aromatic nitrogens is 3. The first-order chi connectivity index (χ1) is 13.7. The summed E-state index contributed by atoms with van der Waals surface area (Å²) in [5.41, 5.74) is 2.32. The Morgan fingerprint density at radius 3 is 2.93 bits per heavy atom. The Kier molecular flexibility index (Phi) is 5.00. The quantitative estimate of drug-likeness (QED) is 0.338. The maximum Gasteiger partial charge on any atom is 0.277 e. The van der Waals surface area contributed by atoms with Crippen molar-refractivity contribution < 1.29 is 13.6 Å². The molecule has 0 saturated heterocycles. The lowest BCUT2D eigenvalue weighted by Gasteiger charge is -2.00. The zero-order valence-corrected chi connectivity index (χ0v) is 15.9. The van der Waals surface area contributed by atoms with Gasteiger partial charge in [0.25, 0.3) is 11.1 Å². The molecular formula is C20H16N4O3S. The molecule has 3 heterocycles. The van der Waals surface area contributed by atoms with E-state index in [1.54, 1.807) is 12.3 Å². The highest BCUT2D eigenvalue weighted by atomic mass is 32.2. The number of carbonyl (C=O) groups is 1. The molecule has 28 heavy (non-hydrogen) atoms. The molecule has 8 heteroatoms. The second kappa shape index (κ2) is 7.74. The van der Waals surface area contributed by atoms with E-state index in [1.165, 1.54) is 11.8 Å². The van der Waals surface area contributed by atoms with Crippen LogP contribution in [0.25, 0.3) is 22.4 Å². The summed E-state index contributed by atoms with van der Waals surface area (Å²) >= 11 is 1.20. The van der Waals surface area contributed by atoms with Gasteiger partial charge >= 0.3 is 0 Å². The van der Waals surface area contributed by atoms with Gasteiger partial charge in [0, 0.05) is 29.2 Å². The molecule has 140 valence electrons. The first kappa shape index (κ1) is 18.1. The number of Topliss-reactive ketones (excluding diaryl/α,β-unsaturated/α-hetero) is 1. The zero-order valence-electron chi connectivity index (χ0n) is 15.1. The Morgan fingerprint density at radius 2 is 2.14 bits per heavy atom. The molecule has 0 radical (unpaired) electrons. The summed E-state index contributed by atoms with van der Waals surface area (Å²) in [7, 11) is 0. The van der Waals surface area contributed by atoms with Crippen LogP contribution in [0.15, 0.2) is 56.8 Å². The largest absolute Gasteiger partial charge is 0.469 e. The number of furan rings is 1. The van der Waals surface area contributed by atoms with Crippen LogP contribution in [0, 0.1) is 18.3 Å². The molecule has 0 saturated carbocycles. The average Bonchev–Trinajstić information content (AvgIpc) is 3.43. The van der Waals surface area contributed by atoms with Crippen LogP contribution in [0.3, 0.4) is 0 Å². The number of ketones is 1. The highest BCUT2D eigenvalue weighted by Gasteiger charge is 2.18. The summed E-state index contributed by atoms with van der Waals surface area (Å²) in [5.74, 6) is 1.21. The number of para-hydroxylation sites is 1. The van der Waals surface area contributed by atoms with E-state index in [2.05, 4.69) is 16.3 Å². The molecule has 7 nitrogen and oxygen atoms in total. The molecule has 0 N–H and O–H groups in total. The Bertz CT molecular complexity index is 1180. The molecule has 0 amide bonds. The van der Waals surface area contributed by atoms with Crippen molar-refractivity contribution in [3.8, 4) is 17.5 Å². The molecule has 0 aliphatic heterocycles. The van der Waals surface area contributed by atoms with Crippen LogP contribution < -0.4 is 0 Å². The fraction of sp³-hybridized carbons (Fsp3) is 0.200. The Morgan fingerprint density at radius 1 is 1.29 bits per heavy atom. The fourth-order valence-electron chi connectivity index (χ4n) is 3.01. The van der Waals surface area contributed by atoms with E-state index in [0.717, 1.165) is 16.5 Å². The molecule has 1 aromatic carbocycles. The number of nitriles is 1. The summed E-state index contributed by atoms with van der Waals surface area (Å²) in [4.78, 5) is 12.8. The van der Waals surface area contributed by atoms with Crippen molar-refractivity contribution in [3.05, 3.63) is 54.1 Å². The van der Waals surface area contributed by atoms with E-state index in [1.807, 2.05) is 42.0 Å². The third-order valence-electron chi connectivity index (χ3n) is 4.38. The number of aryl methyl sites for hydroxylation is 2. The summed E-state index contributed by atoms with van der Waals surface area (Å²) < 4.78 is 12.8. The van der Waals surface area contributed by atoms with E-state index >= 15 is 0 Å². The summed E-state index contributed by atoms with van der Waals surface area (Å²) in [6, 6.07) is 11.6. The number of thioether (sulfide) groups is 1. The van der Waals surface area contributed by atoms with Crippen LogP contribution in [-0.4, -0.2) is 26.3 Å². The molecule has 0 aliphatic carbocycles. The van der Waals surface area contributed by atoms with Crippen LogP contribution >= 0.6 is 11.8 Å². The maximum atomic E-state index is 12.8. The SMILES string of the molecule is Cc1occc1-c1nnc(SCC(=O)c2cn(CCC#N)c3ccccc23)o1. The van der Waals surface area contributed by atoms with Crippen LogP contribution in [0.2, 0.25) is 0 Å². The minimum atomic E-state index is -0.0313. The van der Waals surface area contributed by atoms with E-state index in [4.69, 9.17) is 14.1 Å². The van der Waals surface area contributed by atoms with Gasteiger partial charge in [0.15, 0.2) is 5.78 Å². The van der Waals surface area contributed by atoms with E-state index in [0.29, 0.717) is 35.4 Å². The third kappa shape index (κ3) is 3.44. The van der Waals surface area contributed by atoms with E-state index in [-0.39, 0.29) is 11.5 Å². The van der Waals surface area contributed by atoms with Crippen molar-refractivity contribution in [1.82, 2.24) is 14.8 Å². The fourth-order valence-corrected chi connectivity index (χ4v) is 3.66. The Balaban J connectivity index is 1.51. The number of rotatable bonds is 7. The van der Waals surface area contributed by atoms with Gasteiger partial charge in [-0.2, -0.15) is 5.26 Å². The minimum absolute atomic E-state index is 0.0313. The van der Waals surface area contributed by atoms with Gasteiger partial charge in [-0.05, 0) is 19.1 Å². The summed E-state index contributed by atoms with van der Waals surface area (Å²) in [6.07, 6.45) is 3.77. The standard InChI is InChI=1S/C20H16N4O3S/c1-13-14(7-10-26-13)19-22-23-20(27-19)28-12-18(25)16-11-24(9-4-8-21)17-6-3-2-5-15(16)17/h2-3,5-7,10-11H,4,9,12H2,1H3. The van der Waals surface area contributed by atoms with Crippen molar-refractivity contribution in [3.63, 3.8) is 0 Å². The Labute approximate surface area is 165 Å². The molecule has 0 spiro atoms. The first-order valence-electron chi connectivity index (χ1n) is 8.66. The predicted molar refractivity (Wildman–Crippen MR) is 104 cm³/mol. The summed E-state index contributed by atoms with van der Waals surface area (Å²) in [5, 5.41) is 18.1. The topological polar surface area (TPSA) is 97.9 Å². The van der Waals surface area contributed by atoms with Gasteiger partial charge in [-0.3, -0.25) is 4.79 Å². The number of benzene rings is 1. The van der Waals surface area contributed by atoms with Gasteiger partial charge in [-0.15, -0.1) is 10.2 Å². The van der Waals surface area contributed by atoms with Gasteiger partial charge in [0.05, 0.1) is 30.1 Å². The molecule has 4 aromatic rings. The lowest BCUT2D eigenvalue weighted by Crippen LogP contribution is -2.02.